The molecule has 0 aliphatic rings. The van der Waals surface area contributed by atoms with E-state index in [0.717, 1.165) is 25.3 Å². The van der Waals surface area contributed by atoms with Crippen LogP contribution in [0.3, 0.4) is 0 Å². The van der Waals surface area contributed by atoms with Crippen LogP contribution in [-0.4, -0.2) is 49.1 Å². The molecule has 0 fully saturated rings. The zero-order valence-electron chi connectivity index (χ0n) is 11.9. The molecule has 0 bridgehead atoms. The second-order valence-corrected chi connectivity index (χ2v) is 4.26. The molecule has 0 unspecified atom stereocenters. The summed E-state index contributed by atoms with van der Waals surface area (Å²) in [6.45, 7) is 7.51. The smallest absolute Gasteiger partial charge is 0.255 e. The van der Waals surface area contributed by atoms with Gasteiger partial charge in [0.2, 0.25) is 0 Å². The van der Waals surface area contributed by atoms with E-state index in [1.165, 1.54) is 0 Å². The maximum atomic E-state index is 11.9. The van der Waals surface area contributed by atoms with Crippen LogP contribution < -0.4 is 10.6 Å². The van der Waals surface area contributed by atoms with Gasteiger partial charge < -0.3 is 20.6 Å². The summed E-state index contributed by atoms with van der Waals surface area (Å²) >= 11 is 0. The Balaban J connectivity index is 2.54. The van der Waals surface area contributed by atoms with Gasteiger partial charge in [0.1, 0.15) is 5.75 Å². The molecular weight excluding hydrogens is 242 g/mol. The van der Waals surface area contributed by atoms with Crippen molar-refractivity contribution in [3.8, 4) is 5.75 Å². The quantitative estimate of drug-likeness (QED) is 0.699. The van der Waals surface area contributed by atoms with Crippen LogP contribution in [0.25, 0.3) is 0 Å². The first-order valence-corrected chi connectivity index (χ1v) is 6.63. The van der Waals surface area contributed by atoms with Crippen molar-refractivity contribution in [3.05, 3.63) is 23.8 Å². The number of amides is 1. The van der Waals surface area contributed by atoms with E-state index in [9.17, 15) is 9.90 Å². The molecule has 0 heterocycles. The van der Waals surface area contributed by atoms with Crippen molar-refractivity contribution in [1.82, 2.24) is 10.2 Å². The molecule has 0 aliphatic heterocycles. The molecule has 0 atom stereocenters. The number of likely N-dealkylation sites (N-methyl/N-ethyl adjacent to an activating group) is 1. The van der Waals surface area contributed by atoms with Gasteiger partial charge in [0, 0.05) is 31.9 Å². The summed E-state index contributed by atoms with van der Waals surface area (Å²) in [4.78, 5) is 14.1. The summed E-state index contributed by atoms with van der Waals surface area (Å²) in [6, 6.07) is 4.92. The van der Waals surface area contributed by atoms with Crippen LogP contribution >= 0.6 is 0 Å². The van der Waals surface area contributed by atoms with E-state index in [0.29, 0.717) is 12.1 Å². The Kier molecular flexibility index (Phi) is 6.15. The van der Waals surface area contributed by atoms with Gasteiger partial charge >= 0.3 is 0 Å². The van der Waals surface area contributed by atoms with E-state index in [4.69, 9.17) is 0 Å². The SMILES string of the molecule is CCN(CC)CCNC(=O)c1ccc(NC)cc1O. The number of anilines is 1. The molecule has 0 aliphatic carbocycles. The predicted octanol–water partition coefficient (Wildman–Crippen LogP) is 1.51. The molecule has 0 saturated carbocycles. The standard InChI is InChI=1S/C14H23N3O2/c1-4-17(5-2)9-8-16-14(19)12-7-6-11(15-3)10-13(12)18/h6-7,10,15,18H,4-5,8-9H2,1-3H3,(H,16,19). The molecule has 0 spiro atoms. The fourth-order valence-electron chi connectivity index (χ4n) is 1.84. The number of rotatable bonds is 7. The minimum atomic E-state index is -0.243. The third-order valence-electron chi connectivity index (χ3n) is 3.14. The van der Waals surface area contributed by atoms with E-state index in [1.807, 2.05) is 0 Å². The summed E-state index contributed by atoms with van der Waals surface area (Å²) in [5.74, 6) is -0.250. The van der Waals surface area contributed by atoms with Gasteiger partial charge in [-0.1, -0.05) is 13.8 Å². The zero-order valence-corrected chi connectivity index (χ0v) is 11.9. The van der Waals surface area contributed by atoms with Gasteiger partial charge in [0.25, 0.3) is 5.91 Å². The molecule has 5 heteroatoms. The number of nitrogens with one attached hydrogen (secondary N) is 2. The van der Waals surface area contributed by atoms with E-state index < -0.39 is 0 Å². The topological polar surface area (TPSA) is 64.6 Å². The number of carbonyl (C=O) groups excluding carboxylic acids is 1. The average Bonchev–Trinajstić information content (AvgIpc) is 2.43. The van der Waals surface area contributed by atoms with Crippen LogP contribution in [0.15, 0.2) is 18.2 Å². The number of phenolic OH excluding ortho intramolecular Hbond substituents is 1. The van der Waals surface area contributed by atoms with Crippen molar-refractivity contribution in [2.45, 2.75) is 13.8 Å². The van der Waals surface area contributed by atoms with Gasteiger partial charge in [0.15, 0.2) is 0 Å². The Morgan fingerprint density at radius 3 is 2.53 bits per heavy atom. The highest BCUT2D eigenvalue weighted by Gasteiger charge is 2.11. The number of hydrogen-bond donors (Lipinski definition) is 3. The van der Waals surface area contributed by atoms with Gasteiger partial charge in [0.05, 0.1) is 5.56 Å². The molecule has 1 aromatic carbocycles. The first-order valence-electron chi connectivity index (χ1n) is 6.63. The van der Waals surface area contributed by atoms with Crippen molar-refractivity contribution in [2.75, 3.05) is 38.5 Å². The number of hydrogen-bond acceptors (Lipinski definition) is 4. The highest BCUT2D eigenvalue weighted by atomic mass is 16.3. The predicted molar refractivity (Wildman–Crippen MR) is 77.8 cm³/mol. The molecule has 0 radical (unpaired) electrons. The number of benzene rings is 1. The number of aromatic hydroxyl groups is 1. The van der Waals surface area contributed by atoms with Crippen molar-refractivity contribution in [3.63, 3.8) is 0 Å². The average molecular weight is 265 g/mol. The molecule has 106 valence electrons. The van der Waals surface area contributed by atoms with Crippen LogP contribution in [-0.2, 0) is 0 Å². The van der Waals surface area contributed by atoms with Crippen LogP contribution in [0.1, 0.15) is 24.2 Å². The molecule has 1 amide bonds. The maximum Gasteiger partial charge on any atom is 0.255 e. The first kappa shape index (κ1) is 15.3. The van der Waals surface area contributed by atoms with Crippen molar-refractivity contribution < 1.29 is 9.90 Å². The third-order valence-corrected chi connectivity index (χ3v) is 3.14. The fourth-order valence-corrected chi connectivity index (χ4v) is 1.84. The van der Waals surface area contributed by atoms with Crippen LogP contribution in [0.4, 0.5) is 5.69 Å². The lowest BCUT2D eigenvalue weighted by molar-refractivity contribution is 0.0946. The highest BCUT2D eigenvalue weighted by molar-refractivity contribution is 5.97. The Hall–Kier alpha value is -1.75. The summed E-state index contributed by atoms with van der Waals surface area (Å²) in [5, 5.41) is 15.5. The Bertz CT molecular complexity index is 417. The fraction of sp³-hybridized carbons (Fsp3) is 0.500. The second kappa shape index (κ2) is 7.63. The third kappa shape index (κ3) is 4.44. The van der Waals surface area contributed by atoms with Crippen LogP contribution in [0, 0.1) is 0 Å². The minimum Gasteiger partial charge on any atom is -0.507 e. The van der Waals surface area contributed by atoms with Crippen molar-refractivity contribution in [2.24, 2.45) is 0 Å². The lowest BCUT2D eigenvalue weighted by Gasteiger charge is -2.18. The lowest BCUT2D eigenvalue weighted by atomic mass is 10.1. The Morgan fingerprint density at radius 2 is 2.00 bits per heavy atom. The Labute approximate surface area is 114 Å². The second-order valence-electron chi connectivity index (χ2n) is 4.26. The summed E-state index contributed by atoms with van der Waals surface area (Å²) < 4.78 is 0. The molecule has 3 N–H and O–H groups in total. The zero-order chi connectivity index (χ0) is 14.3. The van der Waals surface area contributed by atoms with Gasteiger partial charge in [-0.2, -0.15) is 0 Å². The van der Waals surface area contributed by atoms with E-state index in [-0.39, 0.29) is 11.7 Å². The largest absolute Gasteiger partial charge is 0.507 e. The lowest BCUT2D eigenvalue weighted by Crippen LogP contribution is -2.34. The number of nitrogens with zero attached hydrogens (tertiary/aromatic N) is 1. The van der Waals surface area contributed by atoms with Crippen LogP contribution in [0.5, 0.6) is 5.75 Å². The first-order chi connectivity index (χ1) is 9.12. The van der Waals surface area contributed by atoms with Gasteiger partial charge in [-0.05, 0) is 25.2 Å². The molecule has 5 nitrogen and oxygen atoms in total. The summed E-state index contributed by atoms with van der Waals surface area (Å²) in [5.41, 5.74) is 1.08. The minimum absolute atomic E-state index is 0.00723. The summed E-state index contributed by atoms with van der Waals surface area (Å²) in [6.07, 6.45) is 0. The van der Waals surface area contributed by atoms with E-state index >= 15 is 0 Å². The molecule has 0 saturated heterocycles. The van der Waals surface area contributed by atoms with Crippen molar-refractivity contribution in [1.29, 1.82) is 0 Å². The molecule has 19 heavy (non-hydrogen) atoms. The van der Waals surface area contributed by atoms with Crippen LogP contribution in [0.2, 0.25) is 0 Å². The monoisotopic (exact) mass is 265 g/mol. The normalized spacial score (nSPS) is 10.5. The number of phenols is 1. The molecule has 1 rings (SSSR count). The van der Waals surface area contributed by atoms with Gasteiger partial charge in [-0.25, -0.2) is 0 Å². The number of carbonyl (C=O) groups is 1. The highest BCUT2D eigenvalue weighted by Crippen LogP contribution is 2.21. The Morgan fingerprint density at radius 1 is 1.32 bits per heavy atom. The molecule has 0 aromatic heterocycles. The van der Waals surface area contributed by atoms with Gasteiger partial charge in [-0.3, -0.25) is 4.79 Å². The van der Waals surface area contributed by atoms with Crippen molar-refractivity contribution >= 4 is 11.6 Å². The summed E-state index contributed by atoms with van der Waals surface area (Å²) in [7, 11) is 1.76. The molecule has 1 aromatic rings. The van der Waals surface area contributed by atoms with Gasteiger partial charge in [-0.15, -0.1) is 0 Å². The van der Waals surface area contributed by atoms with E-state index in [2.05, 4.69) is 29.4 Å². The molecular formula is C14H23N3O2. The maximum absolute atomic E-state index is 11.9. The van der Waals surface area contributed by atoms with E-state index in [1.54, 1.807) is 25.2 Å².